The van der Waals surface area contributed by atoms with Crippen molar-refractivity contribution in [1.82, 2.24) is 20.4 Å². The van der Waals surface area contributed by atoms with Gasteiger partial charge in [0.1, 0.15) is 11.4 Å². The van der Waals surface area contributed by atoms with E-state index in [1.54, 1.807) is 11.9 Å². The number of piperazine rings is 1. The van der Waals surface area contributed by atoms with E-state index in [0.717, 1.165) is 43.5 Å². The molecule has 1 aromatic rings. The molecule has 0 spiro atoms. The van der Waals surface area contributed by atoms with Gasteiger partial charge in [-0.1, -0.05) is 18.2 Å². The fraction of sp³-hybridized carbons (Fsp3) is 0.636. The lowest BCUT2D eigenvalue weighted by Gasteiger charge is -2.35. The Kier molecular flexibility index (Phi) is 12.0. The summed E-state index contributed by atoms with van der Waals surface area (Å²) in [6, 6.07) is 8.01. The number of nitrogens with zero attached hydrogens (tertiary/aromatic N) is 3. The van der Waals surface area contributed by atoms with Crippen molar-refractivity contribution in [3.05, 3.63) is 29.8 Å². The van der Waals surface area contributed by atoms with Crippen LogP contribution >= 0.6 is 24.0 Å². The van der Waals surface area contributed by atoms with Gasteiger partial charge in [0.15, 0.2) is 5.96 Å². The molecule has 1 amide bonds. The van der Waals surface area contributed by atoms with Gasteiger partial charge in [0.25, 0.3) is 0 Å². The second kappa shape index (κ2) is 13.6. The molecule has 1 heterocycles. The second-order valence-corrected chi connectivity index (χ2v) is 8.20. The van der Waals surface area contributed by atoms with Crippen LogP contribution in [0.1, 0.15) is 33.3 Å². The fourth-order valence-electron chi connectivity index (χ4n) is 3.16. The number of hydrogen-bond donors (Lipinski definition) is 2. The molecule has 2 rings (SSSR count). The van der Waals surface area contributed by atoms with Crippen molar-refractivity contribution in [3.63, 3.8) is 0 Å². The summed E-state index contributed by atoms with van der Waals surface area (Å²) in [5, 5.41) is 6.69. The largest absolute Gasteiger partial charge is 0.494 e. The first-order valence-corrected chi connectivity index (χ1v) is 10.7. The van der Waals surface area contributed by atoms with Crippen molar-refractivity contribution in [1.29, 1.82) is 0 Å². The van der Waals surface area contributed by atoms with Gasteiger partial charge in [0.05, 0.1) is 6.61 Å². The van der Waals surface area contributed by atoms with E-state index in [-0.39, 0.29) is 30.1 Å². The predicted molar refractivity (Wildman–Crippen MR) is 135 cm³/mol. The topological polar surface area (TPSA) is 78.4 Å². The molecule has 1 aromatic carbocycles. The molecular formula is C22H38IN5O3. The van der Waals surface area contributed by atoms with E-state index in [4.69, 9.17) is 9.47 Å². The van der Waals surface area contributed by atoms with Gasteiger partial charge in [0.2, 0.25) is 0 Å². The van der Waals surface area contributed by atoms with Crippen LogP contribution in [0.5, 0.6) is 5.75 Å². The Morgan fingerprint density at radius 3 is 2.42 bits per heavy atom. The molecule has 1 fully saturated rings. The highest BCUT2D eigenvalue weighted by atomic mass is 127. The Morgan fingerprint density at radius 1 is 1.13 bits per heavy atom. The van der Waals surface area contributed by atoms with Crippen LogP contribution in [0.15, 0.2) is 29.3 Å². The maximum absolute atomic E-state index is 12.2. The van der Waals surface area contributed by atoms with E-state index >= 15 is 0 Å². The Labute approximate surface area is 203 Å². The average Bonchev–Trinajstić information content (AvgIpc) is 2.71. The average molecular weight is 547 g/mol. The van der Waals surface area contributed by atoms with Crippen molar-refractivity contribution in [2.45, 2.75) is 39.8 Å². The van der Waals surface area contributed by atoms with E-state index < -0.39 is 5.60 Å². The highest BCUT2D eigenvalue weighted by molar-refractivity contribution is 14.0. The molecule has 2 N–H and O–H groups in total. The van der Waals surface area contributed by atoms with Crippen LogP contribution in [0.4, 0.5) is 4.79 Å². The number of rotatable bonds is 7. The van der Waals surface area contributed by atoms with Gasteiger partial charge >= 0.3 is 6.09 Å². The first kappa shape index (κ1) is 27.3. The molecule has 9 heteroatoms. The Bertz CT molecular complexity index is 701. The van der Waals surface area contributed by atoms with Crippen LogP contribution in [0.2, 0.25) is 0 Å². The minimum Gasteiger partial charge on any atom is -0.494 e. The van der Waals surface area contributed by atoms with Gasteiger partial charge in [-0.2, -0.15) is 0 Å². The number of halogens is 1. The van der Waals surface area contributed by atoms with Crippen LogP contribution < -0.4 is 15.4 Å². The second-order valence-electron chi connectivity index (χ2n) is 8.20. The smallest absolute Gasteiger partial charge is 0.410 e. The molecule has 8 nitrogen and oxygen atoms in total. The number of para-hydroxylation sites is 1. The lowest BCUT2D eigenvalue weighted by atomic mass is 10.2. The van der Waals surface area contributed by atoms with E-state index in [0.29, 0.717) is 26.2 Å². The Morgan fingerprint density at radius 2 is 1.81 bits per heavy atom. The van der Waals surface area contributed by atoms with Crippen LogP contribution in [0.25, 0.3) is 0 Å². The SMILES string of the molecule is CCOc1ccccc1CNC(=NC)NCCN1CCN(C(=O)OC(C)(C)C)CC1.I. The molecule has 31 heavy (non-hydrogen) atoms. The lowest BCUT2D eigenvalue weighted by molar-refractivity contribution is 0.0147. The molecule has 0 unspecified atom stereocenters. The molecule has 0 saturated carbocycles. The number of nitrogens with one attached hydrogen (secondary N) is 2. The molecule has 1 aliphatic rings. The molecule has 1 aliphatic heterocycles. The summed E-state index contributed by atoms with van der Waals surface area (Å²) < 4.78 is 11.1. The summed E-state index contributed by atoms with van der Waals surface area (Å²) in [4.78, 5) is 20.6. The van der Waals surface area contributed by atoms with Crippen molar-refractivity contribution in [2.75, 3.05) is 52.9 Å². The third-order valence-corrected chi connectivity index (χ3v) is 4.69. The number of hydrogen-bond acceptors (Lipinski definition) is 5. The van der Waals surface area contributed by atoms with Crippen LogP contribution in [-0.4, -0.2) is 80.4 Å². The molecule has 0 bridgehead atoms. The van der Waals surface area contributed by atoms with Gasteiger partial charge < -0.3 is 25.0 Å². The Hall–Kier alpha value is -1.75. The van der Waals surface area contributed by atoms with Crippen molar-refractivity contribution in [2.24, 2.45) is 4.99 Å². The van der Waals surface area contributed by atoms with Crippen molar-refractivity contribution in [3.8, 4) is 5.75 Å². The fourth-order valence-corrected chi connectivity index (χ4v) is 3.16. The zero-order valence-corrected chi connectivity index (χ0v) is 21.8. The van der Waals surface area contributed by atoms with E-state index in [9.17, 15) is 4.79 Å². The monoisotopic (exact) mass is 547 g/mol. The first-order chi connectivity index (χ1) is 14.3. The third kappa shape index (κ3) is 9.94. The quantitative estimate of drug-likeness (QED) is 0.311. The first-order valence-electron chi connectivity index (χ1n) is 10.7. The van der Waals surface area contributed by atoms with Crippen molar-refractivity contribution >= 4 is 36.0 Å². The van der Waals surface area contributed by atoms with Gasteiger partial charge in [-0.05, 0) is 33.8 Å². The van der Waals surface area contributed by atoms with E-state index in [1.165, 1.54) is 0 Å². The predicted octanol–water partition coefficient (Wildman–Crippen LogP) is 2.92. The zero-order chi connectivity index (χ0) is 22.0. The normalized spacial score (nSPS) is 15.1. The summed E-state index contributed by atoms with van der Waals surface area (Å²) in [6.07, 6.45) is -0.225. The summed E-state index contributed by atoms with van der Waals surface area (Å²) in [5.41, 5.74) is 0.644. The molecule has 176 valence electrons. The molecular weight excluding hydrogens is 509 g/mol. The standard InChI is InChI=1S/C22H37N5O3.HI/c1-6-29-19-10-8-7-9-18(19)17-25-20(23-5)24-11-12-26-13-15-27(16-14-26)21(28)30-22(2,3)4;/h7-10H,6,11-17H2,1-5H3,(H2,23,24,25);1H. The molecule has 0 aromatic heterocycles. The highest BCUT2D eigenvalue weighted by Gasteiger charge is 2.25. The number of amides is 1. The maximum Gasteiger partial charge on any atom is 0.410 e. The molecule has 0 atom stereocenters. The van der Waals surface area contributed by atoms with Gasteiger partial charge in [-0.3, -0.25) is 9.89 Å². The Balaban J connectivity index is 0.00000480. The number of carbonyl (C=O) groups is 1. The molecule has 1 saturated heterocycles. The highest BCUT2D eigenvalue weighted by Crippen LogP contribution is 2.17. The number of aliphatic imine (C=N–C) groups is 1. The summed E-state index contributed by atoms with van der Waals surface area (Å²) in [6.45, 7) is 13.7. The summed E-state index contributed by atoms with van der Waals surface area (Å²) in [5.74, 6) is 1.65. The third-order valence-electron chi connectivity index (χ3n) is 4.69. The van der Waals surface area contributed by atoms with Crippen LogP contribution in [0.3, 0.4) is 0 Å². The maximum atomic E-state index is 12.2. The minimum atomic E-state index is -0.454. The van der Waals surface area contributed by atoms with Gasteiger partial charge in [-0.25, -0.2) is 4.79 Å². The summed E-state index contributed by atoms with van der Waals surface area (Å²) in [7, 11) is 1.77. The van der Waals surface area contributed by atoms with Crippen LogP contribution in [-0.2, 0) is 11.3 Å². The van der Waals surface area contributed by atoms with E-state index in [2.05, 4.69) is 26.6 Å². The molecule has 0 aliphatic carbocycles. The van der Waals surface area contributed by atoms with Gasteiger partial charge in [0, 0.05) is 58.4 Å². The lowest BCUT2D eigenvalue weighted by Crippen LogP contribution is -2.51. The van der Waals surface area contributed by atoms with Gasteiger partial charge in [-0.15, -0.1) is 24.0 Å². The number of carbonyl (C=O) groups excluding carboxylic acids is 1. The number of ether oxygens (including phenoxy) is 2. The molecule has 0 radical (unpaired) electrons. The summed E-state index contributed by atoms with van der Waals surface area (Å²) >= 11 is 0. The van der Waals surface area contributed by atoms with E-state index in [1.807, 2.05) is 45.9 Å². The number of benzene rings is 1. The minimum absolute atomic E-state index is 0. The zero-order valence-electron chi connectivity index (χ0n) is 19.4. The van der Waals surface area contributed by atoms with Crippen molar-refractivity contribution < 1.29 is 14.3 Å². The van der Waals surface area contributed by atoms with Crippen LogP contribution in [0, 0.1) is 0 Å². The number of guanidine groups is 1.